The number of anilines is 1. The topological polar surface area (TPSA) is 26.7 Å². The number of benzene rings is 1. The van der Waals surface area contributed by atoms with Gasteiger partial charge in [-0.25, -0.2) is 0 Å². The van der Waals surface area contributed by atoms with Crippen molar-refractivity contribution in [1.82, 2.24) is 4.90 Å². The Labute approximate surface area is 128 Å². The lowest BCUT2D eigenvalue weighted by Gasteiger charge is -2.41. The molecule has 0 saturated carbocycles. The van der Waals surface area contributed by atoms with Crippen LogP contribution in [-0.2, 0) is 6.61 Å². The number of fused-ring (bicyclic) bond motifs is 2. The zero-order valence-corrected chi connectivity index (χ0v) is 13.5. The van der Waals surface area contributed by atoms with E-state index in [0.717, 1.165) is 25.1 Å². The summed E-state index contributed by atoms with van der Waals surface area (Å²) in [6.45, 7) is 6.81. The van der Waals surface area contributed by atoms with E-state index in [0.29, 0.717) is 18.0 Å². The van der Waals surface area contributed by atoms with Crippen LogP contribution >= 0.6 is 0 Å². The molecule has 1 aromatic carbocycles. The molecule has 2 aliphatic heterocycles. The second-order valence-electron chi connectivity index (χ2n) is 6.81. The number of hydrogen-bond donors (Lipinski definition) is 1. The summed E-state index contributed by atoms with van der Waals surface area (Å²) < 4.78 is 0. The molecule has 3 rings (SSSR count). The van der Waals surface area contributed by atoms with Gasteiger partial charge in [0.25, 0.3) is 0 Å². The van der Waals surface area contributed by atoms with Crippen LogP contribution < -0.4 is 4.90 Å². The molecule has 1 N–H and O–H groups in total. The summed E-state index contributed by atoms with van der Waals surface area (Å²) in [7, 11) is 2.26. The molecule has 3 heteroatoms. The Morgan fingerprint density at radius 2 is 1.90 bits per heavy atom. The quantitative estimate of drug-likeness (QED) is 0.922. The Balaban J connectivity index is 1.85. The minimum atomic E-state index is 0.140. The van der Waals surface area contributed by atoms with Crippen LogP contribution in [0.5, 0.6) is 0 Å². The highest BCUT2D eigenvalue weighted by Crippen LogP contribution is 2.34. The zero-order chi connectivity index (χ0) is 15.0. The number of piperazine rings is 1. The van der Waals surface area contributed by atoms with Gasteiger partial charge in [-0.3, -0.25) is 4.90 Å². The van der Waals surface area contributed by atoms with E-state index < -0.39 is 0 Å². The van der Waals surface area contributed by atoms with Gasteiger partial charge in [-0.15, -0.1) is 0 Å². The minimum Gasteiger partial charge on any atom is -0.392 e. The van der Waals surface area contributed by atoms with Crippen molar-refractivity contribution >= 4 is 5.69 Å². The van der Waals surface area contributed by atoms with Gasteiger partial charge in [0, 0.05) is 36.4 Å². The Morgan fingerprint density at radius 3 is 2.48 bits per heavy atom. The normalized spacial score (nSPS) is 27.1. The van der Waals surface area contributed by atoms with Crippen LogP contribution in [0.4, 0.5) is 5.69 Å². The van der Waals surface area contributed by atoms with Crippen molar-refractivity contribution in [3.05, 3.63) is 29.3 Å². The molecule has 3 nitrogen and oxygen atoms in total. The van der Waals surface area contributed by atoms with Crippen molar-refractivity contribution in [1.29, 1.82) is 0 Å². The van der Waals surface area contributed by atoms with E-state index in [-0.39, 0.29) is 6.61 Å². The molecular weight excluding hydrogens is 260 g/mol. The molecule has 3 unspecified atom stereocenters. The maximum Gasteiger partial charge on any atom is 0.0702 e. The first-order valence-corrected chi connectivity index (χ1v) is 8.34. The SMILES string of the molecule is CCC(C)c1ccc(N2CC3CCC(C2)N3C)c(CO)c1. The molecule has 0 aromatic heterocycles. The van der Waals surface area contributed by atoms with E-state index in [2.05, 4.69) is 48.9 Å². The van der Waals surface area contributed by atoms with Gasteiger partial charge in [0.15, 0.2) is 0 Å². The number of nitrogens with zero attached hydrogens (tertiary/aromatic N) is 2. The highest BCUT2D eigenvalue weighted by atomic mass is 16.3. The Bertz CT molecular complexity index is 488. The summed E-state index contributed by atoms with van der Waals surface area (Å²) in [4.78, 5) is 5.04. The first kappa shape index (κ1) is 14.9. The van der Waals surface area contributed by atoms with Crippen LogP contribution in [0.1, 0.15) is 50.2 Å². The van der Waals surface area contributed by atoms with E-state index in [9.17, 15) is 5.11 Å². The van der Waals surface area contributed by atoms with Crippen molar-refractivity contribution in [2.24, 2.45) is 0 Å². The Kier molecular flexibility index (Phi) is 4.23. The molecule has 0 spiro atoms. The third kappa shape index (κ3) is 2.69. The molecular formula is C18H28N2O. The Hall–Kier alpha value is -1.06. The molecule has 116 valence electrons. The number of aliphatic hydroxyl groups is 1. The molecule has 2 aliphatic rings. The van der Waals surface area contributed by atoms with Gasteiger partial charge in [0.2, 0.25) is 0 Å². The van der Waals surface area contributed by atoms with E-state index in [1.165, 1.54) is 24.1 Å². The summed E-state index contributed by atoms with van der Waals surface area (Å²) in [6.07, 6.45) is 3.77. The summed E-state index contributed by atoms with van der Waals surface area (Å²) >= 11 is 0. The molecule has 0 radical (unpaired) electrons. The molecule has 3 atom stereocenters. The predicted octanol–water partition coefficient (Wildman–Crippen LogP) is 2.98. The number of hydrogen-bond acceptors (Lipinski definition) is 3. The van der Waals surface area contributed by atoms with Crippen molar-refractivity contribution in [2.45, 2.75) is 57.7 Å². The standard InChI is InChI=1S/C18H28N2O/c1-4-13(2)14-5-8-18(15(9-14)12-21)20-10-16-6-7-17(11-20)19(16)3/h5,8-9,13,16-17,21H,4,6-7,10-12H2,1-3H3. The minimum absolute atomic E-state index is 0.140. The fourth-order valence-electron chi connectivity index (χ4n) is 3.89. The first-order valence-electron chi connectivity index (χ1n) is 8.34. The molecule has 1 aromatic rings. The Morgan fingerprint density at radius 1 is 1.24 bits per heavy atom. The number of likely N-dealkylation sites (N-methyl/N-ethyl adjacent to an activating group) is 1. The van der Waals surface area contributed by atoms with Gasteiger partial charge >= 0.3 is 0 Å². The van der Waals surface area contributed by atoms with E-state index in [1.807, 2.05) is 0 Å². The number of rotatable bonds is 4. The average molecular weight is 288 g/mol. The highest BCUT2D eigenvalue weighted by Gasteiger charge is 2.37. The smallest absolute Gasteiger partial charge is 0.0702 e. The lowest BCUT2D eigenvalue weighted by atomic mass is 9.95. The lowest BCUT2D eigenvalue weighted by molar-refractivity contribution is 0.211. The van der Waals surface area contributed by atoms with Gasteiger partial charge in [0.1, 0.15) is 0 Å². The maximum atomic E-state index is 9.79. The average Bonchev–Trinajstić information content (AvgIpc) is 2.75. The third-order valence-corrected chi connectivity index (χ3v) is 5.64. The van der Waals surface area contributed by atoms with Gasteiger partial charge < -0.3 is 10.0 Å². The number of aliphatic hydroxyl groups excluding tert-OH is 1. The largest absolute Gasteiger partial charge is 0.392 e. The molecule has 0 amide bonds. The maximum absolute atomic E-state index is 9.79. The van der Waals surface area contributed by atoms with Gasteiger partial charge in [-0.2, -0.15) is 0 Å². The molecule has 2 bridgehead atoms. The van der Waals surface area contributed by atoms with Crippen LogP contribution in [-0.4, -0.2) is 42.2 Å². The molecule has 2 saturated heterocycles. The van der Waals surface area contributed by atoms with Crippen molar-refractivity contribution in [2.75, 3.05) is 25.0 Å². The summed E-state index contributed by atoms with van der Waals surface area (Å²) in [5.74, 6) is 0.563. The van der Waals surface area contributed by atoms with Crippen LogP contribution in [0.25, 0.3) is 0 Å². The predicted molar refractivity (Wildman–Crippen MR) is 87.9 cm³/mol. The van der Waals surface area contributed by atoms with Crippen molar-refractivity contribution < 1.29 is 5.11 Å². The molecule has 2 heterocycles. The van der Waals surface area contributed by atoms with Crippen LogP contribution in [0, 0.1) is 0 Å². The fraction of sp³-hybridized carbons (Fsp3) is 0.667. The van der Waals surface area contributed by atoms with Crippen LogP contribution in [0.15, 0.2) is 18.2 Å². The third-order valence-electron chi connectivity index (χ3n) is 5.64. The summed E-state index contributed by atoms with van der Waals surface area (Å²) in [5.41, 5.74) is 3.69. The monoisotopic (exact) mass is 288 g/mol. The van der Waals surface area contributed by atoms with Crippen molar-refractivity contribution in [3.63, 3.8) is 0 Å². The van der Waals surface area contributed by atoms with E-state index in [1.54, 1.807) is 0 Å². The fourth-order valence-corrected chi connectivity index (χ4v) is 3.89. The van der Waals surface area contributed by atoms with E-state index in [4.69, 9.17) is 0 Å². The first-order chi connectivity index (χ1) is 10.1. The van der Waals surface area contributed by atoms with Gasteiger partial charge in [-0.1, -0.05) is 26.0 Å². The summed E-state index contributed by atoms with van der Waals surface area (Å²) in [6, 6.07) is 8.07. The van der Waals surface area contributed by atoms with Crippen molar-refractivity contribution in [3.8, 4) is 0 Å². The molecule has 0 aliphatic carbocycles. The zero-order valence-electron chi connectivity index (χ0n) is 13.5. The van der Waals surface area contributed by atoms with E-state index >= 15 is 0 Å². The van der Waals surface area contributed by atoms with Gasteiger partial charge in [-0.05, 0) is 43.9 Å². The van der Waals surface area contributed by atoms with Gasteiger partial charge in [0.05, 0.1) is 6.61 Å². The molecule has 2 fully saturated rings. The molecule has 21 heavy (non-hydrogen) atoms. The van der Waals surface area contributed by atoms with Crippen LogP contribution in [0.3, 0.4) is 0 Å². The van der Waals surface area contributed by atoms with Crippen LogP contribution in [0.2, 0.25) is 0 Å². The highest BCUT2D eigenvalue weighted by molar-refractivity contribution is 5.56. The summed E-state index contributed by atoms with van der Waals surface area (Å²) in [5, 5.41) is 9.79. The second kappa shape index (κ2) is 5.98. The lowest BCUT2D eigenvalue weighted by Crippen LogP contribution is -2.52. The second-order valence-corrected chi connectivity index (χ2v) is 6.81.